The van der Waals surface area contributed by atoms with Crippen molar-refractivity contribution in [3.63, 3.8) is 0 Å². The topological polar surface area (TPSA) is 63.1 Å². The van der Waals surface area contributed by atoms with Gasteiger partial charge in [-0.15, -0.1) is 0 Å². The van der Waals surface area contributed by atoms with Crippen molar-refractivity contribution in [1.29, 1.82) is 0 Å². The number of nitrogens with one attached hydrogen (secondary N) is 1. The lowest BCUT2D eigenvalue weighted by Gasteiger charge is -2.27. The van der Waals surface area contributed by atoms with E-state index in [4.69, 9.17) is 5.10 Å². The lowest BCUT2D eigenvalue weighted by Crippen LogP contribution is -2.30. The largest absolute Gasteiger partial charge is 0.369 e. The number of rotatable bonds is 7. The Kier molecular flexibility index (Phi) is 6.31. The maximum Gasteiger partial charge on any atom is 0.259 e. The van der Waals surface area contributed by atoms with Crippen LogP contribution in [0.3, 0.4) is 0 Å². The molecule has 0 aliphatic carbocycles. The van der Waals surface area contributed by atoms with Gasteiger partial charge in [-0.2, -0.15) is 5.10 Å². The van der Waals surface area contributed by atoms with Gasteiger partial charge in [0, 0.05) is 48.1 Å². The van der Waals surface area contributed by atoms with Gasteiger partial charge in [0.1, 0.15) is 5.69 Å². The van der Waals surface area contributed by atoms with Crippen molar-refractivity contribution in [2.75, 3.05) is 16.8 Å². The Bertz CT molecular complexity index is 1170. The predicted molar refractivity (Wildman–Crippen MR) is 129 cm³/mol. The number of aromatic nitrogens is 3. The lowest BCUT2D eigenvalue weighted by atomic mass is 10.1. The van der Waals surface area contributed by atoms with Crippen molar-refractivity contribution < 1.29 is 4.79 Å². The average Bonchev–Trinajstić information content (AvgIpc) is 3.27. The van der Waals surface area contributed by atoms with Crippen LogP contribution in [0.5, 0.6) is 0 Å². The van der Waals surface area contributed by atoms with Crippen LogP contribution in [0.1, 0.15) is 31.1 Å². The normalized spacial score (nSPS) is 10.9. The summed E-state index contributed by atoms with van der Waals surface area (Å²) in [7, 11) is 0. The SMILES string of the molecule is CCN(c1ccc(NC(=O)c2cn(-c3ccccc3)nc2-c2cccnc2)cc1)C(C)C. The van der Waals surface area contributed by atoms with Gasteiger partial charge in [0.2, 0.25) is 0 Å². The quantitative estimate of drug-likeness (QED) is 0.429. The minimum atomic E-state index is -0.213. The first-order valence-corrected chi connectivity index (χ1v) is 10.8. The lowest BCUT2D eigenvalue weighted by molar-refractivity contribution is 0.102. The van der Waals surface area contributed by atoms with Gasteiger partial charge in [-0.25, -0.2) is 4.68 Å². The number of para-hydroxylation sites is 1. The van der Waals surface area contributed by atoms with Crippen molar-refractivity contribution in [3.05, 3.63) is 90.9 Å². The number of hydrogen-bond acceptors (Lipinski definition) is 4. The average molecular weight is 426 g/mol. The van der Waals surface area contributed by atoms with Gasteiger partial charge in [-0.05, 0) is 69.3 Å². The highest BCUT2D eigenvalue weighted by Crippen LogP contribution is 2.25. The van der Waals surface area contributed by atoms with E-state index in [1.54, 1.807) is 23.3 Å². The molecule has 0 spiro atoms. The fourth-order valence-corrected chi connectivity index (χ4v) is 3.75. The van der Waals surface area contributed by atoms with Gasteiger partial charge in [0.15, 0.2) is 0 Å². The zero-order valence-corrected chi connectivity index (χ0v) is 18.6. The molecule has 2 aromatic heterocycles. The summed E-state index contributed by atoms with van der Waals surface area (Å²) >= 11 is 0. The molecule has 0 bridgehead atoms. The van der Waals surface area contributed by atoms with E-state index in [9.17, 15) is 4.79 Å². The molecule has 6 nitrogen and oxygen atoms in total. The van der Waals surface area contributed by atoms with Crippen LogP contribution in [-0.2, 0) is 0 Å². The van der Waals surface area contributed by atoms with E-state index < -0.39 is 0 Å². The summed E-state index contributed by atoms with van der Waals surface area (Å²) in [5.41, 5.74) is 4.63. The molecule has 0 saturated carbocycles. The second-order valence-corrected chi connectivity index (χ2v) is 7.79. The molecular weight excluding hydrogens is 398 g/mol. The summed E-state index contributed by atoms with van der Waals surface area (Å²) in [4.78, 5) is 19.7. The van der Waals surface area contributed by atoms with Crippen LogP contribution in [0, 0.1) is 0 Å². The summed E-state index contributed by atoms with van der Waals surface area (Å²) in [5.74, 6) is -0.213. The Morgan fingerprint density at radius 1 is 1.03 bits per heavy atom. The van der Waals surface area contributed by atoms with Crippen LogP contribution in [0.4, 0.5) is 11.4 Å². The molecule has 0 fully saturated rings. The van der Waals surface area contributed by atoms with E-state index in [-0.39, 0.29) is 5.91 Å². The molecule has 1 amide bonds. The van der Waals surface area contributed by atoms with E-state index in [0.29, 0.717) is 17.3 Å². The third-order valence-corrected chi connectivity index (χ3v) is 5.34. The first kappa shape index (κ1) is 21.3. The number of carbonyl (C=O) groups excluding carboxylic acids is 1. The monoisotopic (exact) mass is 425 g/mol. The van der Waals surface area contributed by atoms with Gasteiger partial charge in [-0.1, -0.05) is 18.2 Å². The van der Waals surface area contributed by atoms with Crippen molar-refractivity contribution >= 4 is 17.3 Å². The molecule has 0 saturated heterocycles. The molecule has 0 unspecified atom stereocenters. The minimum absolute atomic E-state index is 0.213. The molecule has 4 rings (SSSR count). The molecular formula is C26H27N5O. The molecule has 32 heavy (non-hydrogen) atoms. The van der Waals surface area contributed by atoms with Crippen molar-refractivity contribution in [1.82, 2.24) is 14.8 Å². The van der Waals surface area contributed by atoms with Crippen molar-refractivity contribution in [3.8, 4) is 16.9 Å². The van der Waals surface area contributed by atoms with E-state index in [2.05, 4.69) is 36.0 Å². The minimum Gasteiger partial charge on any atom is -0.369 e. The summed E-state index contributed by atoms with van der Waals surface area (Å²) in [6, 6.07) is 21.8. The van der Waals surface area contributed by atoms with E-state index in [1.165, 1.54) is 0 Å². The van der Waals surface area contributed by atoms with E-state index >= 15 is 0 Å². The molecule has 1 N–H and O–H groups in total. The Morgan fingerprint density at radius 2 is 1.78 bits per heavy atom. The number of pyridine rings is 1. The van der Waals surface area contributed by atoms with E-state index in [0.717, 1.165) is 29.2 Å². The Labute approximate surface area is 188 Å². The summed E-state index contributed by atoms with van der Waals surface area (Å²) in [6.07, 6.45) is 5.18. The smallest absolute Gasteiger partial charge is 0.259 e. The Hall–Kier alpha value is -3.93. The molecule has 6 heteroatoms. The van der Waals surface area contributed by atoms with Gasteiger partial charge in [0.25, 0.3) is 5.91 Å². The van der Waals surface area contributed by atoms with Gasteiger partial charge < -0.3 is 10.2 Å². The number of anilines is 2. The first-order chi connectivity index (χ1) is 15.6. The summed E-state index contributed by atoms with van der Waals surface area (Å²) < 4.78 is 1.72. The standard InChI is InChI=1S/C26H27N5O/c1-4-30(19(2)3)22-14-12-21(13-15-22)28-26(32)24-18-31(23-10-6-5-7-11-23)29-25(24)20-9-8-16-27-17-20/h5-19H,4H2,1-3H3,(H,28,32). The van der Waals surface area contributed by atoms with Crippen LogP contribution in [0.2, 0.25) is 0 Å². The van der Waals surface area contributed by atoms with Crippen LogP contribution in [0.25, 0.3) is 16.9 Å². The maximum absolute atomic E-state index is 13.2. The number of carbonyl (C=O) groups is 1. The second kappa shape index (κ2) is 9.47. The van der Waals surface area contributed by atoms with Gasteiger partial charge >= 0.3 is 0 Å². The fraction of sp³-hybridized carbons (Fsp3) is 0.192. The number of amides is 1. The summed E-state index contributed by atoms with van der Waals surface area (Å²) in [6.45, 7) is 7.41. The third-order valence-electron chi connectivity index (χ3n) is 5.34. The third kappa shape index (κ3) is 4.54. The number of benzene rings is 2. The van der Waals surface area contributed by atoms with Crippen LogP contribution < -0.4 is 10.2 Å². The molecule has 2 aromatic carbocycles. The van der Waals surface area contributed by atoms with Crippen LogP contribution in [0.15, 0.2) is 85.3 Å². The van der Waals surface area contributed by atoms with Crippen LogP contribution >= 0.6 is 0 Å². The molecule has 4 aromatic rings. The van der Waals surface area contributed by atoms with Gasteiger partial charge in [0.05, 0.1) is 11.3 Å². The molecule has 2 heterocycles. The molecule has 0 aliphatic heterocycles. The number of nitrogens with zero attached hydrogens (tertiary/aromatic N) is 4. The molecule has 0 atom stereocenters. The highest BCUT2D eigenvalue weighted by molar-refractivity contribution is 6.08. The molecule has 0 aliphatic rings. The van der Waals surface area contributed by atoms with Crippen LogP contribution in [-0.4, -0.2) is 33.3 Å². The van der Waals surface area contributed by atoms with Crippen molar-refractivity contribution in [2.24, 2.45) is 0 Å². The molecule has 0 radical (unpaired) electrons. The van der Waals surface area contributed by atoms with E-state index in [1.807, 2.05) is 66.7 Å². The highest BCUT2D eigenvalue weighted by Gasteiger charge is 2.19. The zero-order chi connectivity index (χ0) is 22.5. The fourth-order valence-electron chi connectivity index (χ4n) is 3.75. The maximum atomic E-state index is 13.2. The highest BCUT2D eigenvalue weighted by atomic mass is 16.1. The van der Waals surface area contributed by atoms with Gasteiger partial charge in [-0.3, -0.25) is 9.78 Å². The van der Waals surface area contributed by atoms with Crippen molar-refractivity contribution in [2.45, 2.75) is 26.8 Å². The Morgan fingerprint density at radius 3 is 2.41 bits per heavy atom. The summed E-state index contributed by atoms with van der Waals surface area (Å²) in [5, 5.41) is 7.71. The molecule has 162 valence electrons. The Balaban J connectivity index is 1.64. The second-order valence-electron chi connectivity index (χ2n) is 7.79. The predicted octanol–water partition coefficient (Wildman–Crippen LogP) is 5.42. The first-order valence-electron chi connectivity index (χ1n) is 10.8. The number of hydrogen-bond donors (Lipinski definition) is 1. The zero-order valence-electron chi connectivity index (χ0n) is 18.6.